The molecule has 0 radical (unpaired) electrons. The number of alkyl halides is 3. The Morgan fingerprint density at radius 2 is 1.88 bits per heavy atom. The molecule has 4 saturated carbocycles. The Labute approximate surface area is 247 Å². The Balaban J connectivity index is 0.959. The van der Waals surface area contributed by atoms with Gasteiger partial charge >= 0.3 is 12.1 Å². The molecule has 10 heteroatoms. The van der Waals surface area contributed by atoms with Crippen molar-refractivity contribution in [1.29, 1.82) is 0 Å². The number of rotatable bonds is 10. The van der Waals surface area contributed by atoms with E-state index in [1.54, 1.807) is 12.1 Å². The van der Waals surface area contributed by atoms with Crippen molar-refractivity contribution in [3.8, 4) is 22.8 Å². The number of allylic oxidation sites excluding steroid dienone is 1. The average Bonchev–Trinajstić information content (AvgIpc) is 3.67. The van der Waals surface area contributed by atoms with Crippen LogP contribution in [-0.4, -0.2) is 33.9 Å². The largest absolute Gasteiger partial charge is 0.492 e. The van der Waals surface area contributed by atoms with Crippen molar-refractivity contribution >= 4 is 12.0 Å². The SMILES string of the molecule is O=C(O)c1ncc(OCC2CC3(CC(/C=C/c4c(-c5ccccc5C(F)(F)F)noc4C4CC4)C3)C2)cc1OC1CCC1. The molecule has 4 aliphatic rings. The molecule has 0 aliphatic heterocycles. The van der Waals surface area contributed by atoms with Gasteiger partial charge in [-0.3, -0.25) is 0 Å². The van der Waals surface area contributed by atoms with E-state index < -0.39 is 17.7 Å². The molecule has 1 spiro atoms. The van der Waals surface area contributed by atoms with Crippen LogP contribution >= 0.6 is 0 Å². The molecule has 43 heavy (non-hydrogen) atoms. The molecule has 3 aromatic rings. The molecule has 226 valence electrons. The molecule has 0 amide bonds. The Bertz CT molecular complexity index is 1540. The highest BCUT2D eigenvalue weighted by molar-refractivity contribution is 5.88. The number of aromatic carboxylic acids is 1. The van der Waals surface area contributed by atoms with Gasteiger partial charge in [-0.25, -0.2) is 9.78 Å². The molecular formula is C33H33F3N2O5. The van der Waals surface area contributed by atoms with Crippen LogP contribution in [0.15, 0.2) is 47.1 Å². The Hall–Kier alpha value is -3.82. The molecule has 1 aromatic carbocycles. The van der Waals surface area contributed by atoms with Crippen molar-refractivity contribution in [1.82, 2.24) is 10.1 Å². The van der Waals surface area contributed by atoms with Crippen LogP contribution in [0, 0.1) is 17.3 Å². The lowest BCUT2D eigenvalue weighted by molar-refractivity contribution is -0.137. The number of pyridine rings is 1. The van der Waals surface area contributed by atoms with Crippen molar-refractivity contribution in [3.05, 3.63) is 65.2 Å². The highest BCUT2D eigenvalue weighted by atomic mass is 19.4. The van der Waals surface area contributed by atoms with Crippen LogP contribution in [0.5, 0.6) is 11.5 Å². The zero-order valence-electron chi connectivity index (χ0n) is 23.6. The molecule has 0 unspecified atom stereocenters. The number of nitrogens with zero attached hydrogens (tertiary/aromatic N) is 2. The monoisotopic (exact) mass is 594 g/mol. The number of carboxylic acids is 1. The minimum Gasteiger partial charge on any atom is -0.492 e. The average molecular weight is 595 g/mol. The zero-order chi connectivity index (χ0) is 29.8. The standard InChI is InChI=1S/C33H33F3N2O5/c34-33(35,36)26-7-2-1-6-24(26)28-25(30(43-38-28)21-9-10-21)11-8-19-13-32(14-19)15-20(16-32)18-41-23-12-27(42-22-4-3-5-22)29(31(39)40)37-17-23/h1-2,6-8,11-12,17,19-22H,3-5,9-10,13-16,18H2,(H,39,40)/b11-8+. The van der Waals surface area contributed by atoms with Crippen LogP contribution in [0.3, 0.4) is 0 Å². The molecular weight excluding hydrogens is 561 g/mol. The second-order valence-corrected chi connectivity index (χ2v) is 12.7. The van der Waals surface area contributed by atoms with E-state index in [-0.39, 0.29) is 40.1 Å². The summed E-state index contributed by atoms with van der Waals surface area (Å²) >= 11 is 0. The molecule has 1 N–H and O–H groups in total. The summed E-state index contributed by atoms with van der Waals surface area (Å²) in [5.74, 6) is 1.32. The molecule has 0 bridgehead atoms. The van der Waals surface area contributed by atoms with Gasteiger partial charge < -0.3 is 19.1 Å². The minimum atomic E-state index is -4.48. The summed E-state index contributed by atoms with van der Waals surface area (Å²) in [4.78, 5) is 15.6. The third-order valence-corrected chi connectivity index (χ3v) is 9.42. The molecule has 4 fully saturated rings. The summed E-state index contributed by atoms with van der Waals surface area (Å²) in [5, 5.41) is 13.6. The van der Waals surface area contributed by atoms with Crippen LogP contribution in [-0.2, 0) is 6.18 Å². The van der Waals surface area contributed by atoms with Crippen molar-refractivity contribution in [3.63, 3.8) is 0 Å². The number of benzene rings is 1. The van der Waals surface area contributed by atoms with Crippen LogP contribution in [0.1, 0.15) is 91.1 Å². The lowest BCUT2D eigenvalue weighted by Gasteiger charge is -2.57. The number of hydrogen-bond acceptors (Lipinski definition) is 6. The first-order valence-corrected chi connectivity index (χ1v) is 15.0. The summed E-state index contributed by atoms with van der Waals surface area (Å²) in [5.41, 5.74) is 0.457. The van der Waals surface area contributed by atoms with Gasteiger partial charge in [-0.15, -0.1) is 0 Å². The normalized spacial score (nSPS) is 25.3. The summed E-state index contributed by atoms with van der Waals surface area (Å²) in [6.45, 7) is 0.534. The molecule has 7 rings (SSSR count). The maximum Gasteiger partial charge on any atom is 0.417 e. The Kier molecular flexibility index (Phi) is 6.97. The molecule has 2 heterocycles. The number of carbonyl (C=O) groups is 1. The maximum atomic E-state index is 13.7. The predicted molar refractivity (Wildman–Crippen MR) is 151 cm³/mol. The van der Waals surface area contributed by atoms with Gasteiger partial charge in [0, 0.05) is 23.1 Å². The van der Waals surface area contributed by atoms with E-state index in [2.05, 4.69) is 16.2 Å². The quantitative estimate of drug-likeness (QED) is 0.253. The second kappa shape index (κ2) is 10.7. The number of aromatic nitrogens is 2. The van der Waals surface area contributed by atoms with E-state index in [1.165, 1.54) is 18.3 Å². The lowest BCUT2D eigenvalue weighted by atomic mass is 9.48. The third-order valence-electron chi connectivity index (χ3n) is 9.42. The number of ether oxygens (including phenoxy) is 2. The van der Waals surface area contributed by atoms with Crippen molar-refractivity contribution < 1.29 is 37.1 Å². The number of hydrogen-bond donors (Lipinski definition) is 1. The van der Waals surface area contributed by atoms with Gasteiger partial charge in [0.2, 0.25) is 0 Å². The summed E-state index contributed by atoms with van der Waals surface area (Å²) in [6, 6.07) is 7.17. The van der Waals surface area contributed by atoms with Crippen LogP contribution < -0.4 is 9.47 Å². The maximum absolute atomic E-state index is 13.7. The molecule has 4 aliphatic carbocycles. The van der Waals surface area contributed by atoms with Gasteiger partial charge in [-0.05, 0) is 81.1 Å². The van der Waals surface area contributed by atoms with Crippen LogP contribution in [0.2, 0.25) is 0 Å². The number of halogens is 3. The molecule has 2 aromatic heterocycles. The highest BCUT2D eigenvalue weighted by Crippen LogP contribution is 2.61. The first-order chi connectivity index (χ1) is 20.7. The topological polar surface area (TPSA) is 94.7 Å². The fourth-order valence-electron chi connectivity index (χ4n) is 6.92. The van der Waals surface area contributed by atoms with Gasteiger partial charge in [0.15, 0.2) is 11.4 Å². The van der Waals surface area contributed by atoms with E-state index in [4.69, 9.17) is 14.0 Å². The van der Waals surface area contributed by atoms with E-state index in [9.17, 15) is 23.1 Å². The first-order valence-electron chi connectivity index (χ1n) is 15.0. The van der Waals surface area contributed by atoms with E-state index in [1.807, 2.05) is 6.08 Å². The predicted octanol–water partition coefficient (Wildman–Crippen LogP) is 8.16. The van der Waals surface area contributed by atoms with Gasteiger partial charge in [0.25, 0.3) is 0 Å². The van der Waals surface area contributed by atoms with Gasteiger partial charge in [-0.1, -0.05) is 35.5 Å². The lowest BCUT2D eigenvalue weighted by Crippen LogP contribution is -2.48. The molecule has 0 saturated heterocycles. The van der Waals surface area contributed by atoms with E-state index in [0.717, 1.165) is 63.9 Å². The van der Waals surface area contributed by atoms with Crippen LogP contribution in [0.25, 0.3) is 17.3 Å². The van der Waals surface area contributed by atoms with E-state index >= 15 is 0 Å². The summed E-state index contributed by atoms with van der Waals surface area (Å²) in [7, 11) is 0. The molecule has 7 nitrogen and oxygen atoms in total. The van der Waals surface area contributed by atoms with Crippen molar-refractivity contribution in [2.24, 2.45) is 17.3 Å². The first kappa shape index (κ1) is 28.0. The fourth-order valence-corrected chi connectivity index (χ4v) is 6.92. The Morgan fingerprint density at radius 1 is 1.12 bits per heavy atom. The smallest absolute Gasteiger partial charge is 0.417 e. The molecule has 0 atom stereocenters. The van der Waals surface area contributed by atoms with E-state index in [0.29, 0.717) is 35.5 Å². The Morgan fingerprint density at radius 3 is 2.56 bits per heavy atom. The second-order valence-electron chi connectivity index (χ2n) is 12.7. The van der Waals surface area contributed by atoms with Gasteiger partial charge in [0.05, 0.1) is 24.5 Å². The van der Waals surface area contributed by atoms with Crippen LogP contribution in [0.4, 0.5) is 13.2 Å². The van der Waals surface area contributed by atoms with Gasteiger partial charge in [0.1, 0.15) is 17.2 Å². The minimum absolute atomic E-state index is 0.0367. The van der Waals surface area contributed by atoms with Crippen molar-refractivity contribution in [2.75, 3.05) is 6.61 Å². The fraction of sp³-hybridized carbons (Fsp3) is 0.485. The van der Waals surface area contributed by atoms with Gasteiger partial charge in [-0.2, -0.15) is 13.2 Å². The van der Waals surface area contributed by atoms with Crippen molar-refractivity contribution in [2.45, 2.75) is 76.0 Å². The zero-order valence-corrected chi connectivity index (χ0v) is 23.6. The third kappa shape index (κ3) is 5.63. The summed E-state index contributed by atoms with van der Waals surface area (Å²) in [6.07, 6.45) is 10.0. The number of carboxylic acid groups (broad SMARTS) is 1. The highest BCUT2D eigenvalue weighted by Gasteiger charge is 2.52. The summed E-state index contributed by atoms with van der Waals surface area (Å²) < 4.78 is 58.7.